The molecule has 0 aliphatic carbocycles. The Hall–Kier alpha value is -2.90. The summed E-state index contributed by atoms with van der Waals surface area (Å²) in [6.45, 7) is 0.142. The maximum Gasteiger partial charge on any atom is 0.358 e. The minimum Gasteiger partial charge on any atom is -0.496 e. The number of nitrogens with zero attached hydrogens (tertiary/aromatic N) is 3. The molecule has 2 rings (SSSR count). The number of carboxylic acids is 1. The Morgan fingerprint density at radius 3 is 2.71 bits per heavy atom. The number of carbonyl (C=O) groups excluding carboxylic acids is 1. The van der Waals surface area contributed by atoms with Gasteiger partial charge in [-0.2, -0.15) is 0 Å². The van der Waals surface area contributed by atoms with Gasteiger partial charge in [-0.3, -0.25) is 4.79 Å². The lowest BCUT2D eigenvalue weighted by Gasteiger charge is -2.10. The smallest absolute Gasteiger partial charge is 0.358 e. The molecule has 0 bridgehead atoms. The van der Waals surface area contributed by atoms with E-state index in [2.05, 4.69) is 10.3 Å². The van der Waals surface area contributed by atoms with E-state index < -0.39 is 11.9 Å². The summed E-state index contributed by atoms with van der Waals surface area (Å²) in [4.78, 5) is 22.2. The van der Waals surface area contributed by atoms with Crippen LogP contribution in [-0.4, -0.2) is 39.1 Å². The van der Waals surface area contributed by atoms with Crippen LogP contribution in [-0.2, 0) is 11.3 Å². The number of methoxy groups -OCH3 is 1. The van der Waals surface area contributed by atoms with Gasteiger partial charge in [0, 0.05) is 12.0 Å². The first-order valence-corrected chi connectivity index (χ1v) is 6.13. The van der Waals surface area contributed by atoms with Crippen molar-refractivity contribution in [2.45, 2.75) is 13.0 Å². The van der Waals surface area contributed by atoms with Gasteiger partial charge in [0.05, 0.1) is 13.7 Å². The number of aromatic nitrogens is 3. The third-order valence-corrected chi connectivity index (χ3v) is 2.87. The average Bonchev–Trinajstić information content (AvgIpc) is 2.88. The van der Waals surface area contributed by atoms with E-state index in [0.717, 1.165) is 0 Å². The Bertz CT molecular complexity index is 681. The van der Waals surface area contributed by atoms with Gasteiger partial charge in [0.2, 0.25) is 5.91 Å². The number of aryl methyl sites for hydroxylation is 1. The first kappa shape index (κ1) is 14.5. The van der Waals surface area contributed by atoms with Crippen molar-refractivity contribution in [1.82, 2.24) is 15.0 Å². The predicted molar refractivity (Wildman–Crippen MR) is 72.8 cm³/mol. The van der Waals surface area contributed by atoms with Crippen LogP contribution in [0, 0.1) is 0 Å². The molecule has 8 heteroatoms. The SMILES string of the molecule is COc1ccccc1-c1c(C(=O)O)nnn1CCC(N)=O. The predicted octanol–water partition coefficient (Wildman–Crippen LogP) is 0.527. The van der Waals surface area contributed by atoms with Gasteiger partial charge in [-0.1, -0.05) is 17.3 Å². The van der Waals surface area contributed by atoms with E-state index in [0.29, 0.717) is 11.3 Å². The van der Waals surface area contributed by atoms with Crippen LogP contribution >= 0.6 is 0 Å². The van der Waals surface area contributed by atoms with Crippen molar-refractivity contribution in [1.29, 1.82) is 0 Å². The highest BCUT2D eigenvalue weighted by Gasteiger charge is 2.23. The molecule has 0 spiro atoms. The van der Waals surface area contributed by atoms with Crippen LogP contribution < -0.4 is 10.5 Å². The van der Waals surface area contributed by atoms with E-state index in [-0.39, 0.29) is 24.4 Å². The Morgan fingerprint density at radius 2 is 2.10 bits per heavy atom. The molecule has 8 nitrogen and oxygen atoms in total. The maximum atomic E-state index is 11.3. The Kier molecular flexibility index (Phi) is 4.17. The number of carboxylic acid groups (broad SMARTS) is 1. The summed E-state index contributed by atoms with van der Waals surface area (Å²) in [5.41, 5.74) is 5.72. The normalized spacial score (nSPS) is 10.3. The van der Waals surface area contributed by atoms with Gasteiger partial charge in [0.25, 0.3) is 0 Å². The Balaban J connectivity index is 2.55. The van der Waals surface area contributed by atoms with E-state index in [1.54, 1.807) is 24.3 Å². The molecular weight excluding hydrogens is 276 g/mol. The lowest BCUT2D eigenvalue weighted by Crippen LogP contribution is -2.15. The van der Waals surface area contributed by atoms with Crippen molar-refractivity contribution >= 4 is 11.9 Å². The first-order chi connectivity index (χ1) is 10.0. The van der Waals surface area contributed by atoms with Crippen LogP contribution in [0.25, 0.3) is 11.3 Å². The van der Waals surface area contributed by atoms with Crippen molar-refractivity contribution in [3.05, 3.63) is 30.0 Å². The summed E-state index contributed by atoms with van der Waals surface area (Å²) in [6, 6.07) is 6.91. The molecule has 1 heterocycles. The molecule has 0 aliphatic heterocycles. The monoisotopic (exact) mass is 290 g/mol. The number of benzene rings is 1. The highest BCUT2D eigenvalue weighted by molar-refractivity contribution is 5.93. The number of rotatable bonds is 6. The number of aromatic carboxylic acids is 1. The van der Waals surface area contributed by atoms with Gasteiger partial charge in [0.1, 0.15) is 11.4 Å². The summed E-state index contributed by atoms with van der Waals surface area (Å²) in [7, 11) is 1.48. The summed E-state index contributed by atoms with van der Waals surface area (Å²) in [6.07, 6.45) is 0.0323. The molecule has 2 aromatic rings. The lowest BCUT2D eigenvalue weighted by molar-refractivity contribution is -0.118. The zero-order valence-corrected chi connectivity index (χ0v) is 11.3. The second-order valence-corrected chi connectivity index (χ2v) is 4.23. The quantitative estimate of drug-likeness (QED) is 0.800. The van der Waals surface area contributed by atoms with Crippen LogP contribution in [0.2, 0.25) is 0 Å². The number of carbonyl (C=O) groups is 2. The standard InChI is InChI=1S/C13H14N4O4/c1-21-9-5-3-2-4-8(9)12-11(13(19)20)15-16-17(12)7-6-10(14)18/h2-5H,6-7H2,1H3,(H2,14,18)(H,19,20). The molecule has 1 amide bonds. The van der Waals surface area contributed by atoms with Gasteiger partial charge in [-0.05, 0) is 12.1 Å². The van der Waals surface area contributed by atoms with Crippen molar-refractivity contribution in [2.24, 2.45) is 5.73 Å². The van der Waals surface area contributed by atoms with Crippen molar-refractivity contribution in [2.75, 3.05) is 7.11 Å². The molecule has 0 radical (unpaired) electrons. The van der Waals surface area contributed by atoms with Gasteiger partial charge < -0.3 is 15.6 Å². The van der Waals surface area contributed by atoms with Crippen molar-refractivity contribution in [3.63, 3.8) is 0 Å². The molecule has 0 fully saturated rings. The van der Waals surface area contributed by atoms with Crippen LogP contribution in [0.4, 0.5) is 0 Å². The Morgan fingerprint density at radius 1 is 1.38 bits per heavy atom. The van der Waals surface area contributed by atoms with E-state index >= 15 is 0 Å². The molecule has 0 aliphatic rings. The fraction of sp³-hybridized carbons (Fsp3) is 0.231. The largest absolute Gasteiger partial charge is 0.496 e. The topological polar surface area (TPSA) is 120 Å². The van der Waals surface area contributed by atoms with Gasteiger partial charge in [-0.15, -0.1) is 5.10 Å². The van der Waals surface area contributed by atoms with E-state index in [1.165, 1.54) is 11.8 Å². The molecule has 3 N–H and O–H groups in total. The second-order valence-electron chi connectivity index (χ2n) is 4.23. The molecular formula is C13H14N4O4. The third kappa shape index (κ3) is 2.99. The molecule has 0 atom stereocenters. The molecule has 0 unspecified atom stereocenters. The molecule has 0 saturated carbocycles. The molecule has 1 aromatic carbocycles. The fourth-order valence-electron chi connectivity index (χ4n) is 1.94. The third-order valence-electron chi connectivity index (χ3n) is 2.87. The summed E-state index contributed by atoms with van der Waals surface area (Å²) in [5, 5.41) is 16.7. The lowest BCUT2D eigenvalue weighted by atomic mass is 10.1. The first-order valence-electron chi connectivity index (χ1n) is 6.13. The summed E-state index contributed by atoms with van der Waals surface area (Å²) in [5.74, 6) is -1.22. The number of primary amides is 1. The van der Waals surface area contributed by atoms with E-state index in [4.69, 9.17) is 10.5 Å². The van der Waals surface area contributed by atoms with Crippen LogP contribution in [0.15, 0.2) is 24.3 Å². The summed E-state index contributed by atoms with van der Waals surface area (Å²) >= 11 is 0. The van der Waals surface area contributed by atoms with Crippen molar-refractivity contribution in [3.8, 4) is 17.0 Å². The average molecular weight is 290 g/mol. The zero-order chi connectivity index (χ0) is 15.4. The van der Waals surface area contributed by atoms with Gasteiger partial charge in [0.15, 0.2) is 5.69 Å². The minimum absolute atomic E-state index is 0.0323. The van der Waals surface area contributed by atoms with Crippen LogP contribution in [0.3, 0.4) is 0 Å². The fourth-order valence-corrected chi connectivity index (χ4v) is 1.94. The van der Waals surface area contributed by atoms with E-state index in [9.17, 15) is 14.7 Å². The van der Waals surface area contributed by atoms with E-state index in [1.807, 2.05) is 0 Å². The molecule has 0 saturated heterocycles. The summed E-state index contributed by atoms with van der Waals surface area (Å²) < 4.78 is 6.57. The maximum absolute atomic E-state index is 11.3. The van der Waals surface area contributed by atoms with Crippen LogP contribution in [0.1, 0.15) is 16.9 Å². The number of hydrogen-bond acceptors (Lipinski definition) is 5. The second kappa shape index (κ2) is 6.04. The highest BCUT2D eigenvalue weighted by atomic mass is 16.5. The number of ether oxygens (including phenoxy) is 1. The number of amides is 1. The van der Waals surface area contributed by atoms with Gasteiger partial charge in [-0.25, -0.2) is 9.48 Å². The van der Waals surface area contributed by atoms with Gasteiger partial charge >= 0.3 is 5.97 Å². The molecule has 21 heavy (non-hydrogen) atoms. The molecule has 1 aromatic heterocycles. The minimum atomic E-state index is -1.21. The Labute approximate surface area is 120 Å². The zero-order valence-electron chi connectivity index (χ0n) is 11.3. The number of hydrogen-bond donors (Lipinski definition) is 2. The van der Waals surface area contributed by atoms with Crippen LogP contribution in [0.5, 0.6) is 5.75 Å². The highest BCUT2D eigenvalue weighted by Crippen LogP contribution is 2.31. The number of nitrogens with two attached hydrogens (primary N) is 1. The van der Waals surface area contributed by atoms with Crippen molar-refractivity contribution < 1.29 is 19.4 Å². The number of para-hydroxylation sites is 1. The molecule has 110 valence electrons.